The number of piperidine rings is 1. The number of hydrogen-bond acceptors (Lipinski definition) is 5. The fraction of sp³-hybridized carbons (Fsp3) is 0.688. The van der Waals surface area contributed by atoms with E-state index in [0.717, 1.165) is 25.3 Å². The van der Waals surface area contributed by atoms with Crippen LogP contribution in [0.25, 0.3) is 0 Å². The third-order valence-corrected chi connectivity index (χ3v) is 6.06. The second-order valence-corrected chi connectivity index (χ2v) is 7.54. The molecule has 3 saturated heterocycles. The molecule has 4 rings (SSSR count). The van der Waals surface area contributed by atoms with E-state index in [-0.39, 0.29) is 11.9 Å². The van der Waals surface area contributed by atoms with E-state index in [1.54, 1.807) is 4.90 Å². The minimum absolute atomic E-state index is 0.101. The lowest BCUT2D eigenvalue weighted by Gasteiger charge is -2.44. The molecule has 1 aromatic rings. The molecule has 3 fully saturated rings. The molecule has 1 aromatic heterocycles. The van der Waals surface area contributed by atoms with Gasteiger partial charge in [-0.3, -0.25) is 14.6 Å². The van der Waals surface area contributed by atoms with Gasteiger partial charge >= 0.3 is 6.03 Å². The average molecular weight is 349 g/mol. The van der Waals surface area contributed by atoms with Crippen molar-refractivity contribution in [3.63, 3.8) is 0 Å². The summed E-state index contributed by atoms with van der Waals surface area (Å²) in [5.74, 6) is 0.156. The number of amides is 3. The molecule has 24 heavy (non-hydrogen) atoms. The summed E-state index contributed by atoms with van der Waals surface area (Å²) in [4.78, 5) is 35.0. The highest BCUT2D eigenvalue weighted by atomic mass is 32.1. The maximum absolute atomic E-state index is 12.6. The molecular weight excluding hydrogens is 326 g/mol. The van der Waals surface area contributed by atoms with Gasteiger partial charge in [-0.15, -0.1) is 11.3 Å². The highest BCUT2D eigenvalue weighted by Crippen LogP contribution is 2.24. The number of rotatable bonds is 3. The topological polar surface area (TPSA) is 68.8 Å². The van der Waals surface area contributed by atoms with Crippen LogP contribution in [-0.2, 0) is 11.2 Å². The number of urea groups is 1. The van der Waals surface area contributed by atoms with Crippen molar-refractivity contribution in [2.75, 3.05) is 44.2 Å². The Morgan fingerprint density at radius 1 is 1.29 bits per heavy atom. The quantitative estimate of drug-likeness (QED) is 0.881. The number of nitrogens with one attached hydrogen (secondary N) is 1. The lowest BCUT2D eigenvalue weighted by Crippen LogP contribution is -2.56. The molecule has 0 aromatic carbocycles. The van der Waals surface area contributed by atoms with Crippen LogP contribution in [0.5, 0.6) is 0 Å². The fourth-order valence-electron chi connectivity index (χ4n) is 3.80. The van der Waals surface area contributed by atoms with Crippen molar-refractivity contribution in [2.45, 2.75) is 31.7 Å². The van der Waals surface area contributed by atoms with Crippen molar-refractivity contribution < 1.29 is 9.59 Å². The molecule has 1 atom stereocenters. The first-order valence-electron chi connectivity index (χ1n) is 8.72. The lowest BCUT2D eigenvalue weighted by molar-refractivity contribution is -0.134. The Hall–Kier alpha value is -1.67. The van der Waals surface area contributed by atoms with E-state index in [2.05, 4.69) is 15.2 Å². The molecule has 7 nitrogen and oxygen atoms in total. The van der Waals surface area contributed by atoms with Crippen LogP contribution in [0.1, 0.15) is 25.0 Å². The first-order chi connectivity index (χ1) is 11.7. The number of hydrogen-bond donors (Lipinski definition) is 1. The van der Waals surface area contributed by atoms with Gasteiger partial charge < -0.3 is 10.2 Å². The Bertz CT molecular complexity index is 634. The maximum Gasteiger partial charge on any atom is 0.323 e. The Kier molecular flexibility index (Phi) is 4.41. The summed E-state index contributed by atoms with van der Waals surface area (Å²) in [6, 6.07) is 0.436. The predicted octanol–water partition coefficient (Wildman–Crippen LogP) is 0.912. The number of aromatic nitrogens is 1. The molecule has 3 aliphatic heterocycles. The largest absolute Gasteiger partial charge is 0.340 e. The van der Waals surface area contributed by atoms with Gasteiger partial charge in [0.1, 0.15) is 0 Å². The molecule has 3 amide bonds. The zero-order valence-electron chi connectivity index (χ0n) is 13.7. The fourth-order valence-corrected chi connectivity index (χ4v) is 4.65. The number of carbonyl (C=O) groups excluding carboxylic acids is 2. The van der Waals surface area contributed by atoms with Crippen molar-refractivity contribution in [1.29, 1.82) is 0 Å². The summed E-state index contributed by atoms with van der Waals surface area (Å²) >= 11 is 1.43. The van der Waals surface area contributed by atoms with Crippen LogP contribution in [0.2, 0.25) is 0 Å². The van der Waals surface area contributed by atoms with Gasteiger partial charge in [0.25, 0.3) is 0 Å². The Morgan fingerprint density at radius 3 is 3.04 bits per heavy atom. The Morgan fingerprint density at radius 2 is 2.21 bits per heavy atom. The van der Waals surface area contributed by atoms with Gasteiger partial charge in [-0.05, 0) is 19.4 Å². The summed E-state index contributed by atoms with van der Waals surface area (Å²) in [6.45, 7) is 5.14. The van der Waals surface area contributed by atoms with E-state index in [9.17, 15) is 9.59 Å². The van der Waals surface area contributed by atoms with E-state index in [1.165, 1.54) is 37.1 Å². The molecule has 0 bridgehead atoms. The van der Waals surface area contributed by atoms with Gasteiger partial charge in [-0.1, -0.05) is 6.42 Å². The molecule has 0 aliphatic carbocycles. The number of nitrogens with zero attached hydrogens (tertiary/aromatic N) is 4. The van der Waals surface area contributed by atoms with Crippen LogP contribution in [0, 0.1) is 0 Å². The zero-order chi connectivity index (χ0) is 16.5. The number of fused-ring (bicyclic) bond motifs is 1. The molecule has 0 saturated carbocycles. The summed E-state index contributed by atoms with van der Waals surface area (Å²) in [7, 11) is 0. The lowest BCUT2D eigenvalue weighted by atomic mass is 9.99. The zero-order valence-corrected chi connectivity index (χ0v) is 14.6. The van der Waals surface area contributed by atoms with Gasteiger partial charge in [0.15, 0.2) is 5.13 Å². The van der Waals surface area contributed by atoms with Crippen LogP contribution in [0.3, 0.4) is 0 Å². The standard InChI is InChI=1S/C16H23N5O2S/c22-14(20-8-7-19-5-2-1-3-13(19)10-20)9-12-11-24-16(18-12)21-6-4-17-15(21)23/h11,13H,1-10H2,(H,17,23)/t13-/m1/s1. The average Bonchev–Trinajstić information content (AvgIpc) is 3.23. The van der Waals surface area contributed by atoms with Crippen molar-refractivity contribution in [2.24, 2.45) is 0 Å². The van der Waals surface area contributed by atoms with E-state index >= 15 is 0 Å². The first-order valence-corrected chi connectivity index (χ1v) is 9.60. The minimum Gasteiger partial charge on any atom is -0.340 e. The second kappa shape index (κ2) is 6.68. The van der Waals surface area contributed by atoms with Gasteiger partial charge in [-0.2, -0.15) is 0 Å². The molecule has 0 unspecified atom stereocenters. The number of thiazole rings is 1. The van der Waals surface area contributed by atoms with E-state index in [0.29, 0.717) is 30.7 Å². The third kappa shape index (κ3) is 3.12. The van der Waals surface area contributed by atoms with Crippen LogP contribution < -0.4 is 10.2 Å². The summed E-state index contributed by atoms with van der Waals surface area (Å²) in [5.41, 5.74) is 0.769. The number of anilines is 1. The van der Waals surface area contributed by atoms with Crippen LogP contribution >= 0.6 is 11.3 Å². The minimum atomic E-state index is -0.101. The Labute approximate surface area is 145 Å². The van der Waals surface area contributed by atoms with Crippen molar-refractivity contribution in [3.05, 3.63) is 11.1 Å². The molecule has 3 aliphatic rings. The molecule has 8 heteroatoms. The highest BCUT2D eigenvalue weighted by molar-refractivity contribution is 7.14. The number of piperazine rings is 1. The SMILES string of the molecule is O=C(Cc1csc(N2CCNC2=O)n1)N1CCN2CCCC[C@@H]2C1. The van der Waals surface area contributed by atoms with E-state index < -0.39 is 0 Å². The Balaban J connectivity index is 1.36. The summed E-state index contributed by atoms with van der Waals surface area (Å²) < 4.78 is 0. The van der Waals surface area contributed by atoms with Gasteiger partial charge in [0.2, 0.25) is 5.91 Å². The predicted molar refractivity (Wildman–Crippen MR) is 92.4 cm³/mol. The second-order valence-electron chi connectivity index (χ2n) is 6.71. The normalized spacial score (nSPS) is 24.8. The molecule has 0 radical (unpaired) electrons. The molecule has 4 heterocycles. The molecular formula is C16H23N5O2S. The first kappa shape index (κ1) is 15.8. The van der Waals surface area contributed by atoms with Crippen molar-refractivity contribution in [3.8, 4) is 0 Å². The van der Waals surface area contributed by atoms with Crippen molar-refractivity contribution in [1.82, 2.24) is 20.1 Å². The molecule has 0 spiro atoms. The number of carbonyl (C=O) groups is 2. The van der Waals surface area contributed by atoms with Crippen LogP contribution in [0.4, 0.5) is 9.93 Å². The van der Waals surface area contributed by atoms with Crippen LogP contribution in [0.15, 0.2) is 5.38 Å². The summed E-state index contributed by atoms with van der Waals surface area (Å²) in [5, 5.41) is 5.35. The monoisotopic (exact) mass is 349 g/mol. The third-order valence-electron chi connectivity index (χ3n) is 5.15. The van der Waals surface area contributed by atoms with E-state index in [4.69, 9.17) is 0 Å². The molecule has 130 valence electrons. The highest BCUT2D eigenvalue weighted by Gasteiger charge is 2.31. The van der Waals surface area contributed by atoms with Crippen molar-refractivity contribution >= 4 is 28.4 Å². The van der Waals surface area contributed by atoms with E-state index in [1.807, 2.05) is 10.3 Å². The maximum atomic E-state index is 12.6. The van der Waals surface area contributed by atoms with Gasteiger partial charge in [-0.25, -0.2) is 9.78 Å². The van der Waals surface area contributed by atoms with Crippen LogP contribution in [-0.4, -0.2) is 72.0 Å². The smallest absolute Gasteiger partial charge is 0.323 e. The van der Waals surface area contributed by atoms with Gasteiger partial charge in [0, 0.05) is 44.1 Å². The van der Waals surface area contributed by atoms with Gasteiger partial charge in [0.05, 0.1) is 12.1 Å². The summed E-state index contributed by atoms with van der Waals surface area (Å²) in [6.07, 6.45) is 4.10. The molecule has 1 N–H and O–H groups in total.